The minimum absolute atomic E-state index is 0. The van der Waals surface area contributed by atoms with Crippen LogP contribution >= 0.6 is 0 Å². The van der Waals surface area contributed by atoms with Crippen LogP contribution < -0.4 is 55.8 Å². The van der Waals surface area contributed by atoms with Crippen LogP contribution in [0.4, 0.5) is 34.1 Å². The van der Waals surface area contributed by atoms with Crippen LogP contribution in [0.15, 0.2) is 126 Å². The molecular formula is C34H30CoN10NaO11S2+. The molecule has 0 fully saturated rings. The first kappa shape index (κ1) is 47.5. The minimum atomic E-state index is -3.98. The number of benzene rings is 5. The van der Waals surface area contributed by atoms with Gasteiger partial charge in [-0.1, -0.05) is 31.2 Å². The minimum Gasteiger partial charge on any atom is -0.589 e. The van der Waals surface area contributed by atoms with E-state index in [1.807, 2.05) is 0 Å². The van der Waals surface area contributed by atoms with E-state index in [1.54, 1.807) is 24.3 Å². The summed E-state index contributed by atoms with van der Waals surface area (Å²) in [5, 5.41) is 72.2. The molecule has 303 valence electrons. The predicted octanol–water partition coefficient (Wildman–Crippen LogP) is 1.34. The third-order valence-electron chi connectivity index (χ3n) is 7.68. The number of nitro benzene ring substituents is 1. The Kier molecular flexibility index (Phi) is 15.5. The SMILES string of the molecule is CC(=O)Nc1cccc2ccc(O)c(N=Nc3cc(S([NH3+])(=O)=O)ccc3O)c12.Cc1[n-]n(-c2cccc(S(N)(=O)=O)c2)c(=O)c1N=Nc1cc([N+](=O)[O-])ccc1O.[Co].[Na+]. The molecule has 9 N–H and O–H groups in total. The second-order valence-electron chi connectivity index (χ2n) is 11.8. The first-order valence-electron chi connectivity index (χ1n) is 15.9. The zero-order valence-electron chi connectivity index (χ0n) is 30.8. The van der Waals surface area contributed by atoms with E-state index in [1.165, 1.54) is 50.2 Å². The monoisotopic (exact) mass is 900 g/mol. The maximum atomic E-state index is 12.6. The van der Waals surface area contributed by atoms with E-state index in [-0.39, 0.29) is 119 Å². The number of fused-ring (bicyclic) bond motifs is 1. The van der Waals surface area contributed by atoms with Crippen LogP contribution in [-0.2, 0) is 41.6 Å². The number of hydrogen-bond donors (Lipinski definition) is 6. The number of nitrogens with two attached hydrogens (primary N) is 1. The van der Waals surface area contributed by atoms with Crippen molar-refractivity contribution in [1.29, 1.82) is 0 Å². The molecule has 1 radical (unpaired) electrons. The molecule has 25 heteroatoms. The quantitative estimate of drug-likeness (QED) is 0.0518. The summed E-state index contributed by atoms with van der Waals surface area (Å²) in [4.78, 5) is 33.9. The Morgan fingerprint density at radius 3 is 2.03 bits per heavy atom. The second kappa shape index (κ2) is 19.3. The van der Waals surface area contributed by atoms with Crippen molar-refractivity contribution in [2.45, 2.75) is 23.6 Å². The fourth-order valence-electron chi connectivity index (χ4n) is 5.01. The van der Waals surface area contributed by atoms with E-state index in [4.69, 9.17) is 5.14 Å². The number of hydrogen-bond acceptors (Lipinski definition) is 15. The van der Waals surface area contributed by atoms with Gasteiger partial charge < -0.3 is 30.4 Å². The van der Waals surface area contributed by atoms with Gasteiger partial charge >= 0.3 is 39.6 Å². The maximum absolute atomic E-state index is 12.6. The number of nitrogens with one attached hydrogen (secondary N) is 1. The summed E-state index contributed by atoms with van der Waals surface area (Å²) in [6.45, 7) is 2.83. The number of aryl methyl sites for hydroxylation is 1. The Morgan fingerprint density at radius 1 is 0.831 bits per heavy atom. The number of phenolic OH excluding ortho intramolecular Hbond substituents is 3. The van der Waals surface area contributed by atoms with Crippen LogP contribution in [0.25, 0.3) is 16.5 Å². The molecule has 0 aliphatic rings. The van der Waals surface area contributed by atoms with Crippen LogP contribution in [0.1, 0.15) is 12.6 Å². The molecule has 0 aliphatic carbocycles. The number of rotatable bonds is 9. The number of nitro groups is 1. The fourth-order valence-corrected chi connectivity index (χ4v) is 6.13. The van der Waals surface area contributed by atoms with Crippen LogP contribution in [0.3, 0.4) is 0 Å². The molecule has 0 bridgehead atoms. The van der Waals surface area contributed by atoms with Crippen molar-refractivity contribution in [2.75, 3.05) is 5.32 Å². The molecule has 5 aromatic carbocycles. The van der Waals surface area contributed by atoms with Crippen LogP contribution in [0.5, 0.6) is 17.2 Å². The molecule has 0 aliphatic heterocycles. The van der Waals surface area contributed by atoms with Crippen LogP contribution in [-0.4, -0.2) is 47.7 Å². The van der Waals surface area contributed by atoms with E-state index in [0.29, 0.717) is 16.5 Å². The largest absolute Gasteiger partial charge is 1.00 e. The van der Waals surface area contributed by atoms with E-state index in [9.17, 15) is 51.9 Å². The molecule has 0 spiro atoms. The smallest absolute Gasteiger partial charge is 0.589 e. The number of anilines is 1. The van der Waals surface area contributed by atoms with E-state index in [2.05, 4.69) is 36.0 Å². The molecule has 0 saturated heterocycles. The summed E-state index contributed by atoms with van der Waals surface area (Å²) < 4.78 is 47.1. The third-order valence-corrected chi connectivity index (χ3v) is 9.56. The van der Waals surface area contributed by atoms with E-state index < -0.39 is 30.5 Å². The number of non-ortho nitro benzene ring substituents is 1. The molecule has 1 amide bonds. The average molecular weight is 901 g/mol. The molecule has 1 heterocycles. The van der Waals surface area contributed by atoms with Crippen molar-refractivity contribution in [3.8, 4) is 22.9 Å². The van der Waals surface area contributed by atoms with Gasteiger partial charge in [0.2, 0.25) is 15.9 Å². The van der Waals surface area contributed by atoms with Crippen molar-refractivity contribution in [1.82, 2.24) is 9.78 Å². The maximum Gasteiger partial charge on any atom is 1.00 e. The van der Waals surface area contributed by atoms with Gasteiger partial charge in [0, 0.05) is 46.9 Å². The molecule has 21 nitrogen and oxygen atoms in total. The number of amides is 1. The van der Waals surface area contributed by atoms with Crippen molar-refractivity contribution in [2.24, 2.45) is 25.6 Å². The summed E-state index contributed by atoms with van der Waals surface area (Å²) in [5.41, 5.74) is -0.725. The van der Waals surface area contributed by atoms with Gasteiger partial charge in [0.1, 0.15) is 44.9 Å². The molecule has 1 aromatic heterocycles. The molecule has 0 saturated carbocycles. The van der Waals surface area contributed by atoms with Gasteiger partial charge in [0.25, 0.3) is 11.2 Å². The van der Waals surface area contributed by atoms with Gasteiger partial charge in [-0.05, 0) is 60.0 Å². The second-order valence-corrected chi connectivity index (χ2v) is 15.1. The first-order valence-corrected chi connectivity index (χ1v) is 19.1. The predicted molar refractivity (Wildman–Crippen MR) is 203 cm³/mol. The van der Waals surface area contributed by atoms with E-state index >= 15 is 0 Å². The number of carbonyl (C=O) groups is 1. The van der Waals surface area contributed by atoms with Crippen molar-refractivity contribution in [3.63, 3.8) is 0 Å². The number of phenols is 3. The zero-order valence-corrected chi connectivity index (χ0v) is 35.5. The van der Waals surface area contributed by atoms with Crippen molar-refractivity contribution >= 4 is 70.9 Å². The summed E-state index contributed by atoms with van der Waals surface area (Å²) in [6.07, 6.45) is 0. The van der Waals surface area contributed by atoms with Crippen LogP contribution in [0.2, 0.25) is 0 Å². The molecule has 59 heavy (non-hydrogen) atoms. The number of azo groups is 2. The Balaban J connectivity index is 0.000000305. The van der Waals surface area contributed by atoms with Crippen LogP contribution in [0, 0.1) is 17.0 Å². The summed E-state index contributed by atoms with van der Waals surface area (Å²) in [7, 11) is -7.73. The first-order chi connectivity index (χ1) is 26.7. The number of primary sulfonamides is 1. The standard InChI is InChI=1S/C18H16N4O5S.C16H14N6O6S.Co.Na/c1-10(23)20-13-4-2-3-11-5-7-16(25)18(17(11)13)22-21-14-9-12(28(19,26)27)6-8-15(14)24;1-9-15(19-18-13-8-11(22(25)26)5-6-14(13)23)16(24)21(20-9)10-3-2-4-12(7-10)29(17,27)28;;/h2-9,24-25H,1H3,(H,20,23)(H2,19,26,27);2-8H,1H3,(H4,17,18,19,20,23,24,27,28);;/q;;;+1. The topological polar surface area (TPSA) is 340 Å². The van der Waals surface area contributed by atoms with Gasteiger partial charge in [0.05, 0.1) is 15.5 Å². The zero-order chi connectivity index (χ0) is 41.8. The number of sulfonamides is 2. The number of nitrogens with zero attached hydrogens (tertiary/aromatic N) is 7. The van der Waals surface area contributed by atoms with Gasteiger partial charge in [0.15, 0.2) is 0 Å². The van der Waals surface area contributed by atoms with Crippen molar-refractivity contribution in [3.05, 3.63) is 117 Å². The van der Waals surface area contributed by atoms with Gasteiger partial charge in [-0.3, -0.25) is 19.7 Å². The number of aromatic nitrogens is 2. The summed E-state index contributed by atoms with van der Waals surface area (Å²) >= 11 is 0. The molecule has 0 atom stereocenters. The Morgan fingerprint density at radius 2 is 1.42 bits per heavy atom. The Bertz CT molecular complexity index is 2940. The van der Waals surface area contributed by atoms with Gasteiger partial charge in [-0.2, -0.15) is 8.42 Å². The Labute approximate surface area is 366 Å². The molecule has 6 aromatic rings. The number of carbonyl (C=O) groups excluding carboxylic acids is 1. The summed E-state index contributed by atoms with van der Waals surface area (Å²) in [6, 6.07) is 20.2. The van der Waals surface area contributed by atoms with E-state index in [0.717, 1.165) is 35.0 Å². The molecular weight excluding hydrogens is 870 g/mol. The fraction of sp³-hybridized carbons (Fsp3) is 0.0588. The normalized spacial score (nSPS) is 11.4. The van der Waals surface area contributed by atoms with Gasteiger partial charge in [-0.15, -0.1) is 26.2 Å². The third kappa shape index (κ3) is 11.4. The molecule has 0 unspecified atom stereocenters. The molecule has 6 rings (SSSR count). The average Bonchev–Trinajstić information content (AvgIpc) is 3.42. The number of quaternary nitrogens is 1. The Hall–Kier alpha value is -5.83. The van der Waals surface area contributed by atoms with Crippen molar-refractivity contribution < 1.29 is 93.3 Å². The number of aromatic hydroxyl groups is 3. The van der Waals surface area contributed by atoms with Gasteiger partial charge in [-0.25, -0.2) is 18.7 Å². The summed E-state index contributed by atoms with van der Waals surface area (Å²) in [5.74, 6) is -1.16.